The molecule has 88 valence electrons. The molecule has 17 heavy (non-hydrogen) atoms. The summed E-state index contributed by atoms with van der Waals surface area (Å²) < 4.78 is 3.79. The highest BCUT2D eigenvalue weighted by Gasteiger charge is 2.17. The first kappa shape index (κ1) is 10.3. The van der Waals surface area contributed by atoms with Gasteiger partial charge in [-0.25, -0.2) is 0 Å². The summed E-state index contributed by atoms with van der Waals surface area (Å²) in [7, 11) is 0. The smallest absolute Gasteiger partial charge is 0.251 e. The molecule has 0 aromatic carbocycles. The average molecular weight is 230 g/mol. The fraction of sp³-hybridized carbons (Fsp3) is 0.417. The van der Waals surface area contributed by atoms with Gasteiger partial charge in [0.1, 0.15) is 5.82 Å². The molecule has 0 fully saturated rings. The molecule has 0 saturated carbocycles. The molecule has 0 radical (unpaired) electrons. The Hall–Kier alpha value is -1.91. The molecule has 5 nitrogen and oxygen atoms in total. The van der Waals surface area contributed by atoms with Crippen molar-refractivity contribution in [1.82, 2.24) is 19.3 Å². The van der Waals surface area contributed by atoms with Gasteiger partial charge in [0.05, 0.1) is 6.54 Å². The number of aryl methyl sites for hydroxylation is 2. The van der Waals surface area contributed by atoms with E-state index in [-0.39, 0.29) is 5.56 Å². The molecule has 0 amide bonds. The maximum absolute atomic E-state index is 11.8. The number of fused-ring (bicyclic) bond motifs is 1. The number of aromatic nitrogens is 4. The lowest BCUT2D eigenvalue weighted by atomic mass is 10.3. The Morgan fingerprint density at radius 3 is 3.12 bits per heavy atom. The fourth-order valence-electron chi connectivity index (χ4n) is 2.22. The summed E-state index contributed by atoms with van der Waals surface area (Å²) in [4.78, 5) is 11.8. The van der Waals surface area contributed by atoms with Gasteiger partial charge in [-0.15, -0.1) is 10.2 Å². The first-order valence-electron chi connectivity index (χ1n) is 5.82. The topological polar surface area (TPSA) is 52.7 Å². The first-order valence-corrected chi connectivity index (χ1v) is 5.82. The molecular formula is C12H14N4O. The molecule has 0 unspecified atom stereocenters. The van der Waals surface area contributed by atoms with Gasteiger partial charge in [-0.2, -0.15) is 0 Å². The van der Waals surface area contributed by atoms with E-state index in [0.717, 1.165) is 36.6 Å². The van der Waals surface area contributed by atoms with E-state index in [1.54, 1.807) is 10.6 Å². The molecule has 3 rings (SSSR count). The van der Waals surface area contributed by atoms with Gasteiger partial charge >= 0.3 is 0 Å². The van der Waals surface area contributed by atoms with E-state index in [9.17, 15) is 4.79 Å². The second kappa shape index (κ2) is 3.84. The normalized spacial score (nSPS) is 13.9. The lowest BCUT2D eigenvalue weighted by Gasteiger charge is -2.06. The van der Waals surface area contributed by atoms with Gasteiger partial charge in [0.25, 0.3) is 5.56 Å². The van der Waals surface area contributed by atoms with E-state index >= 15 is 0 Å². The third-order valence-electron chi connectivity index (χ3n) is 3.15. The molecule has 0 atom stereocenters. The second-order valence-corrected chi connectivity index (χ2v) is 4.46. The van der Waals surface area contributed by atoms with Crippen LogP contribution in [0.5, 0.6) is 0 Å². The van der Waals surface area contributed by atoms with Gasteiger partial charge in [0, 0.05) is 25.2 Å². The molecule has 1 aliphatic rings. The fourth-order valence-corrected chi connectivity index (χ4v) is 2.22. The Balaban J connectivity index is 1.94. The molecule has 2 aromatic heterocycles. The van der Waals surface area contributed by atoms with Gasteiger partial charge in [-0.05, 0) is 25.0 Å². The Bertz CT molecular complexity index is 611. The maximum atomic E-state index is 11.8. The number of hydrogen-bond donors (Lipinski definition) is 0. The van der Waals surface area contributed by atoms with Crippen molar-refractivity contribution in [2.75, 3.05) is 0 Å². The maximum Gasteiger partial charge on any atom is 0.251 e. The van der Waals surface area contributed by atoms with E-state index in [1.165, 1.54) is 0 Å². The van der Waals surface area contributed by atoms with Crippen molar-refractivity contribution >= 4 is 0 Å². The number of pyridine rings is 1. The Morgan fingerprint density at radius 1 is 1.41 bits per heavy atom. The molecule has 1 aliphatic heterocycles. The van der Waals surface area contributed by atoms with Crippen molar-refractivity contribution < 1.29 is 0 Å². The van der Waals surface area contributed by atoms with Crippen LogP contribution in [-0.4, -0.2) is 19.3 Å². The van der Waals surface area contributed by atoms with Crippen LogP contribution in [0.15, 0.2) is 23.1 Å². The first-order chi connectivity index (χ1) is 8.24. The third-order valence-corrected chi connectivity index (χ3v) is 3.15. The van der Waals surface area contributed by atoms with Crippen molar-refractivity contribution in [3.63, 3.8) is 0 Å². The highest BCUT2D eigenvalue weighted by Crippen LogP contribution is 2.14. The van der Waals surface area contributed by atoms with E-state index in [1.807, 2.05) is 19.2 Å². The van der Waals surface area contributed by atoms with E-state index in [4.69, 9.17) is 0 Å². The van der Waals surface area contributed by atoms with Gasteiger partial charge in [0.15, 0.2) is 5.82 Å². The van der Waals surface area contributed by atoms with Crippen LogP contribution >= 0.6 is 0 Å². The van der Waals surface area contributed by atoms with Crippen molar-refractivity contribution in [1.29, 1.82) is 0 Å². The Morgan fingerprint density at radius 2 is 2.29 bits per heavy atom. The van der Waals surface area contributed by atoms with Gasteiger partial charge in [-0.3, -0.25) is 4.79 Å². The van der Waals surface area contributed by atoms with Crippen LogP contribution in [0.3, 0.4) is 0 Å². The number of nitrogens with zero attached hydrogens (tertiary/aromatic N) is 4. The quantitative estimate of drug-likeness (QED) is 0.764. The number of rotatable bonds is 2. The minimum Gasteiger partial charge on any atom is -0.313 e. The Labute approximate surface area is 98.7 Å². The van der Waals surface area contributed by atoms with Crippen molar-refractivity contribution in [2.45, 2.75) is 32.9 Å². The summed E-state index contributed by atoms with van der Waals surface area (Å²) in [5, 5.41) is 8.29. The standard InChI is InChI=1S/C12H14N4O/c1-9-4-6-15(12(17)7-9)8-11-14-13-10-3-2-5-16(10)11/h4,6-7H,2-3,5,8H2,1H3. The van der Waals surface area contributed by atoms with Gasteiger partial charge in [0.2, 0.25) is 0 Å². The summed E-state index contributed by atoms with van der Waals surface area (Å²) in [5.74, 6) is 1.92. The third kappa shape index (κ3) is 1.77. The average Bonchev–Trinajstić information content (AvgIpc) is 2.86. The Kier molecular flexibility index (Phi) is 2.31. The van der Waals surface area contributed by atoms with Crippen LogP contribution in [0.2, 0.25) is 0 Å². The summed E-state index contributed by atoms with van der Waals surface area (Å²) in [6.45, 7) is 3.39. The van der Waals surface area contributed by atoms with E-state index in [2.05, 4.69) is 14.8 Å². The second-order valence-electron chi connectivity index (χ2n) is 4.46. The molecule has 0 bridgehead atoms. The largest absolute Gasteiger partial charge is 0.313 e. The predicted molar refractivity (Wildman–Crippen MR) is 62.9 cm³/mol. The van der Waals surface area contributed by atoms with Crippen LogP contribution in [0.1, 0.15) is 23.6 Å². The molecule has 2 aromatic rings. The summed E-state index contributed by atoms with van der Waals surface area (Å²) in [6.07, 6.45) is 3.94. The molecule has 5 heteroatoms. The van der Waals surface area contributed by atoms with Crippen LogP contribution in [-0.2, 0) is 19.5 Å². The monoisotopic (exact) mass is 230 g/mol. The zero-order chi connectivity index (χ0) is 11.8. The lowest BCUT2D eigenvalue weighted by molar-refractivity contribution is 0.634. The summed E-state index contributed by atoms with van der Waals surface area (Å²) >= 11 is 0. The van der Waals surface area contributed by atoms with Crippen molar-refractivity contribution in [3.8, 4) is 0 Å². The zero-order valence-corrected chi connectivity index (χ0v) is 9.76. The molecule has 3 heterocycles. The van der Waals surface area contributed by atoms with E-state index < -0.39 is 0 Å². The van der Waals surface area contributed by atoms with Crippen molar-refractivity contribution in [2.24, 2.45) is 0 Å². The van der Waals surface area contributed by atoms with Crippen LogP contribution in [0, 0.1) is 6.92 Å². The van der Waals surface area contributed by atoms with Gasteiger partial charge < -0.3 is 9.13 Å². The lowest BCUT2D eigenvalue weighted by Crippen LogP contribution is -2.21. The highest BCUT2D eigenvalue weighted by molar-refractivity contribution is 5.09. The summed E-state index contributed by atoms with van der Waals surface area (Å²) in [5.41, 5.74) is 0.998. The molecular weight excluding hydrogens is 216 g/mol. The predicted octanol–water partition coefficient (Wildman–Crippen LogP) is 0.743. The van der Waals surface area contributed by atoms with Crippen molar-refractivity contribution in [3.05, 3.63) is 45.9 Å². The minimum atomic E-state index is 0.0142. The van der Waals surface area contributed by atoms with Crippen LogP contribution in [0.4, 0.5) is 0 Å². The number of hydrogen-bond acceptors (Lipinski definition) is 3. The molecule has 0 aliphatic carbocycles. The highest BCUT2D eigenvalue weighted by atomic mass is 16.1. The van der Waals surface area contributed by atoms with Crippen LogP contribution in [0.25, 0.3) is 0 Å². The van der Waals surface area contributed by atoms with Crippen LogP contribution < -0.4 is 5.56 Å². The molecule has 0 N–H and O–H groups in total. The minimum absolute atomic E-state index is 0.0142. The zero-order valence-electron chi connectivity index (χ0n) is 9.76. The van der Waals surface area contributed by atoms with E-state index in [0.29, 0.717) is 6.54 Å². The SMILES string of the molecule is Cc1ccn(Cc2nnc3n2CCC3)c(=O)c1. The molecule has 0 spiro atoms. The summed E-state index contributed by atoms with van der Waals surface area (Å²) in [6, 6.07) is 3.57. The van der Waals surface area contributed by atoms with Gasteiger partial charge in [-0.1, -0.05) is 0 Å². The molecule has 0 saturated heterocycles.